The maximum atomic E-state index is 13.4. The van der Waals surface area contributed by atoms with E-state index in [-0.39, 0.29) is 38.6 Å². The first-order valence-electron chi connectivity index (χ1n) is 11.4. The largest absolute Gasteiger partial charge is 0.344 e. The van der Waals surface area contributed by atoms with Crippen molar-refractivity contribution in [1.82, 2.24) is 20.9 Å². The molecule has 3 rings (SSSR count). The van der Waals surface area contributed by atoms with Crippen LogP contribution < -0.4 is 16.0 Å². The number of hydrogen-bond donors (Lipinski definition) is 3. The average molecular weight is 507 g/mol. The molecule has 1 aromatic heterocycles. The van der Waals surface area contributed by atoms with Crippen molar-refractivity contribution in [2.75, 3.05) is 0 Å². The first-order chi connectivity index (χ1) is 16.6. The van der Waals surface area contributed by atoms with E-state index in [9.17, 15) is 28.0 Å². The zero-order valence-corrected chi connectivity index (χ0v) is 20.1. The molecule has 11 heteroatoms. The van der Waals surface area contributed by atoms with Crippen molar-refractivity contribution in [2.45, 2.75) is 63.6 Å². The van der Waals surface area contributed by atoms with Gasteiger partial charge in [-0.25, -0.2) is 13.8 Å². The van der Waals surface area contributed by atoms with Gasteiger partial charge >= 0.3 is 0 Å². The van der Waals surface area contributed by atoms with Crippen molar-refractivity contribution in [3.8, 4) is 0 Å². The van der Waals surface area contributed by atoms with Gasteiger partial charge in [0.25, 0.3) is 5.91 Å². The maximum Gasteiger partial charge on any atom is 0.289 e. The van der Waals surface area contributed by atoms with E-state index < -0.39 is 47.4 Å². The Morgan fingerprint density at radius 3 is 2.43 bits per heavy atom. The summed E-state index contributed by atoms with van der Waals surface area (Å²) in [6.45, 7) is 1.52. The molecule has 2 atom stereocenters. The number of carbonyl (C=O) groups excluding carboxylic acids is 4. The van der Waals surface area contributed by atoms with Gasteiger partial charge < -0.3 is 16.0 Å². The Morgan fingerprint density at radius 2 is 1.80 bits per heavy atom. The number of nitrogens with one attached hydrogen (secondary N) is 3. The van der Waals surface area contributed by atoms with Gasteiger partial charge in [-0.15, -0.1) is 11.3 Å². The molecule has 0 unspecified atom stereocenters. The van der Waals surface area contributed by atoms with Crippen LogP contribution in [0.4, 0.5) is 8.78 Å². The monoisotopic (exact) mass is 506 g/mol. The van der Waals surface area contributed by atoms with E-state index >= 15 is 0 Å². The molecule has 0 aliphatic heterocycles. The predicted molar refractivity (Wildman–Crippen MR) is 126 cm³/mol. The summed E-state index contributed by atoms with van der Waals surface area (Å²) in [6, 6.07) is 6.71. The van der Waals surface area contributed by atoms with Crippen molar-refractivity contribution in [1.29, 1.82) is 0 Å². The van der Waals surface area contributed by atoms with Crippen molar-refractivity contribution in [3.05, 3.63) is 52.5 Å². The van der Waals surface area contributed by atoms with Crippen LogP contribution in [0.2, 0.25) is 0 Å². The standard InChI is InChI=1S/C24H28F2N4O4S/c1-15(29-22(33)17-7-9-24(25,26)10-8-17)21(32)30-19(11-16-5-3-2-4-6-16)20(31)23(34)27-12-18-13-35-14-28-18/h2-6,13-15,17,19H,7-12H2,1H3,(H,27,34)(H,29,33)(H,30,32)/t15-,19-/m1/s1. The highest BCUT2D eigenvalue weighted by atomic mass is 32.1. The van der Waals surface area contributed by atoms with Crippen LogP contribution in [0.5, 0.6) is 0 Å². The molecule has 0 bridgehead atoms. The van der Waals surface area contributed by atoms with Gasteiger partial charge in [0.1, 0.15) is 12.1 Å². The van der Waals surface area contributed by atoms with Gasteiger partial charge in [-0.05, 0) is 25.3 Å². The summed E-state index contributed by atoms with van der Waals surface area (Å²) in [6.07, 6.45) is -0.568. The molecule has 2 aromatic rings. The molecule has 3 N–H and O–H groups in total. The number of aromatic nitrogens is 1. The Morgan fingerprint density at radius 1 is 1.11 bits per heavy atom. The third-order valence-corrected chi connectivity index (χ3v) is 6.53. The number of hydrogen-bond acceptors (Lipinski definition) is 6. The molecule has 1 aliphatic carbocycles. The van der Waals surface area contributed by atoms with E-state index in [0.29, 0.717) is 5.69 Å². The van der Waals surface area contributed by atoms with E-state index in [1.807, 2.05) is 0 Å². The number of ketones is 1. The zero-order valence-electron chi connectivity index (χ0n) is 19.3. The van der Waals surface area contributed by atoms with Gasteiger partial charge in [0.15, 0.2) is 0 Å². The lowest BCUT2D eigenvalue weighted by atomic mass is 9.86. The van der Waals surface area contributed by atoms with E-state index in [4.69, 9.17) is 0 Å². The second-order valence-corrected chi connectivity index (χ2v) is 9.36. The van der Waals surface area contributed by atoms with Crippen LogP contribution in [0.25, 0.3) is 0 Å². The molecule has 1 heterocycles. The highest BCUT2D eigenvalue weighted by Gasteiger charge is 2.38. The minimum atomic E-state index is -2.76. The highest BCUT2D eigenvalue weighted by Crippen LogP contribution is 2.36. The molecule has 0 spiro atoms. The summed E-state index contributed by atoms with van der Waals surface area (Å²) in [5.74, 6) is -6.17. The van der Waals surface area contributed by atoms with Crippen LogP contribution in [0.3, 0.4) is 0 Å². The number of alkyl halides is 2. The fraction of sp³-hybridized carbons (Fsp3) is 0.458. The normalized spacial score (nSPS) is 17.1. The lowest BCUT2D eigenvalue weighted by Gasteiger charge is -2.28. The van der Waals surface area contributed by atoms with Crippen LogP contribution in [0.15, 0.2) is 41.2 Å². The number of carbonyl (C=O) groups is 4. The number of halogens is 2. The molecule has 0 saturated heterocycles. The second kappa shape index (κ2) is 12.0. The van der Waals surface area contributed by atoms with Gasteiger partial charge in [0, 0.05) is 30.6 Å². The predicted octanol–water partition coefficient (Wildman–Crippen LogP) is 2.39. The number of rotatable bonds is 10. The molecule has 8 nitrogen and oxygen atoms in total. The molecule has 1 fully saturated rings. The first kappa shape index (κ1) is 26.4. The Balaban J connectivity index is 1.61. The Bertz CT molecular complexity index is 1020. The van der Waals surface area contributed by atoms with Crippen molar-refractivity contribution in [2.24, 2.45) is 5.92 Å². The summed E-state index contributed by atoms with van der Waals surface area (Å²) in [5.41, 5.74) is 2.95. The molecule has 0 radical (unpaired) electrons. The Kier molecular flexibility index (Phi) is 9.02. The zero-order chi connectivity index (χ0) is 25.4. The third kappa shape index (κ3) is 7.91. The van der Waals surface area contributed by atoms with Crippen molar-refractivity contribution < 1.29 is 28.0 Å². The Hall–Kier alpha value is -3.21. The summed E-state index contributed by atoms with van der Waals surface area (Å²) >= 11 is 1.36. The van der Waals surface area contributed by atoms with Crippen LogP contribution in [0.1, 0.15) is 43.9 Å². The molecule has 35 heavy (non-hydrogen) atoms. The molecule has 1 aliphatic rings. The van der Waals surface area contributed by atoms with E-state index in [1.165, 1.54) is 18.3 Å². The lowest BCUT2D eigenvalue weighted by molar-refractivity contribution is -0.140. The average Bonchev–Trinajstić information content (AvgIpc) is 3.35. The highest BCUT2D eigenvalue weighted by molar-refractivity contribution is 7.07. The summed E-state index contributed by atoms with van der Waals surface area (Å²) < 4.78 is 26.7. The Labute approximate surface area is 205 Å². The molecule has 3 amide bonds. The molecule has 1 aromatic carbocycles. The molecule has 1 saturated carbocycles. The summed E-state index contributed by atoms with van der Waals surface area (Å²) in [5, 5.41) is 9.36. The molecular formula is C24H28F2N4O4S. The van der Waals surface area contributed by atoms with E-state index in [0.717, 1.165) is 5.56 Å². The topological polar surface area (TPSA) is 117 Å². The SMILES string of the molecule is C[C@@H](NC(=O)C1CCC(F)(F)CC1)C(=O)N[C@H](Cc1ccccc1)C(=O)C(=O)NCc1cscn1. The van der Waals surface area contributed by atoms with Gasteiger partial charge in [0.05, 0.1) is 17.7 Å². The number of benzene rings is 1. The minimum Gasteiger partial charge on any atom is -0.344 e. The lowest BCUT2D eigenvalue weighted by Crippen LogP contribution is -2.54. The fourth-order valence-corrected chi connectivity index (χ4v) is 4.35. The molecule has 188 valence electrons. The quantitative estimate of drug-likeness (QED) is 0.428. The van der Waals surface area contributed by atoms with Crippen LogP contribution in [-0.2, 0) is 32.1 Å². The third-order valence-electron chi connectivity index (χ3n) is 5.89. The fourth-order valence-electron chi connectivity index (χ4n) is 3.80. The smallest absolute Gasteiger partial charge is 0.289 e. The second-order valence-electron chi connectivity index (χ2n) is 8.64. The van der Waals surface area contributed by atoms with Crippen LogP contribution in [-0.4, -0.2) is 46.5 Å². The van der Waals surface area contributed by atoms with E-state index in [2.05, 4.69) is 20.9 Å². The molecular weight excluding hydrogens is 478 g/mol. The summed E-state index contributed by atoms with van der Waals surface area (Å²) in [7, 11) is 0. The minimum absolute atomic E-state index is 0.0431. The van der Waals surface area contributed by atoms with Gasteiger partial charge in [0.2, 0.25) is 23.5 Å². The van der Waals surface area contributed by atoms with Crippen LogP contribution in [0, 0.1) is 5.92 Å². The van der Waals surface area contributed by atoms with Crippen molar-refractivity contribution >= 4 is 34.8 Å². The van der Waals surface area contributed by atoms with E-state index in [1.54, 1.807) is 41.2 Å². The maximum absolute atomic E-state index is 13.4. The number of Topliss-reactive ketones (excluding diaryl/α,β-unsaturated/α-hetero) is 1. The van der Waals surface area contributed by atoms with Gasteiger partial charge in [-0.2, -0.15) is 0 Å². The summed E-state index contributed by atoms with van der Waals surface area (Å²) in [4.78, 5) is 54.7. The number of nitrogens with zero attached hydrogens (tertiary/aromatic N) is 1. The van der Waals surface area contributed by atoms with Crippen LogP contribution >= 0.6 is 11.3 Å². The first-order valence-corrected chi connectivity index (χ1v) is 12.3. The number of amides is 3. The van der Waals surface area contributed by atoms with Gasteiger partial charge in [-0.1, -0.05) is 30.3 Å². The van der Waals surface area contributed by atoms with Gasteiger partial charge in [-0.3, -0.25) is 19.2 Å². The van der Waals surface area contributed by atoms with Crippen molar-refractivity contribution in [3.63, 3.8) is 0 Å². The number of thiazole rings is 1.